The molecule has 2 aromatic carbocycles. The van der Waals surface area contributed by atoms with Gasteiger partial charge in [0, 0.05) is 21.0 Å². The number of carbonyl (C=O) groups excluding carboxylic acids is 1. The van der Waals surface area contributed by atoms with Crippen molar-refractivity contribution in [1.29, 1.82) is 0 Å². The standard InChI is InChI=1S/C17H10Cl3NO2S/c18-11-3-1-2-10(6-11)17-21-13(9-24-17)8-16(22)23-15-5-4-12(19)7-14(15)20/h1-7,9H,8H2. The van der Waals surface area contributed by atoms with Crippen molar-refractivity contribution in [2.24, 2.45) is 0 Å². The van der Waals surface area contributed by atoms with Crippen LogP contribution in [0.5, 0.6) is 5.75 Å². The van der Waals surface area contributed by atoms with Crippen LogP contribution in [-0.2, 0) is 11.2 Å². The van der Waals surface area contributed by atoms with Crippen LogP contribution in [0.1, 0.15) is 5.69 Å². The highest BCUT2D eigenvalue weighted by Gasteiger charge is 2.13. The molecule has 24 heavy (non-hydrogen) atoms. The molecule has 3 nitrogen and oxygen atoms in total. The van der Waals surface area contributed by atoms with E-state index >= 15 is 0 Å². The van der Waals surface area contributed by atoms with Gasteiger partial charge in [-0.05, 0) is 30.3 Å². The van der Waals surface area contributed by atoms with Crippen LogP contribution in [0.2, 0.25) is 15.1 Å². The maximum Gasteiger partial charge on any atom is 0.317 e. The van der Waals surface area contributed by atoms with E-state index < -0.39 is 5.97 Å². The first-order valence-electron chi connectivity index (χ1n) is 6.87. The summed E-state index contributed by atoms with van der Waals surface area (Å²) in [5.74, 6) is -0.168. The average molecular weight is 399 g/mol. The topological polar surface area (TPSA) is 39.2 Å². The number of esters is 1. The van der Waals surface area contributed by atoms with Crippen LogP contribution in [0.25, 0.3) is 10.6 Å². The summed E-state index contributed by atoms with van der Waals surface area (Å²) in [5, 5.41) is 4.02. The number of benzene rings is 2. The zero-order chi connectivity index (χ0) is 17.1. The molecule has 1 aromatic heterocycles. The number of nitrogens with zero attached hydrogens (tertiary/aromatic N) is 1. The van der Waals surface area contributed by atoms with Crippen LogP contribution in [-0.4, -0.2) is 11.0 Å². The third kappa shape index (κ3) is 4.28. The number of aromatic nitrogens is 1. The van der Waals surface area contributed by atoms with E-state index in [2.05, 4.69) is 4.98 Å². The molecule has 0 radical (unpaired) electrons. The lowest BCUT2D eigenvalue weighted by Gasteiger charge is -2.05. The Morgan fingerprint density at radius 2 is 1.88 bits per heavy atom. The monoisotopic (exact) mass is 397 g/mol. The molecule has 3 rings (SSSR count). The Bertz CT molecular complexity index is 895. The first-order valence-corrected chi connectivity index (χ1v) is 8.89. The third-order valence-corrected chi connectivity index (χ3v) is 4.77. The highest BCUT2D eigenvalue weighted by Crippen LogP contribution is 2.29. The van der Waals surface area contributed by atoms with Crippen LogP contribution in [0.4, 0.5) is 0 Å². The summed E-state index contributed by atoms with van der Waals surface area (Å²) in [5.41, 5.74) is 1.54. The van der Waals surface area contributed by atoms with Gasteiger partial charge >= 0.3 is 5.97 Å². The van der Waals surface area contributed by atoms with Crippen molar-refractivity contribution < 1.29 is 9.53 Å². The Morgan fingerprint density at radius 3 is 2.62 bits per heavy atom. The van der Waals surface area contributed by atoms with Crippen LogP contribution in [0.3, 0.4) is 0 Å². The summed E-state index contributed by atoms with van der Waals surface area (Å²) in [6.07, 6.45) is 0.0516. The average Bonchev–Trinajstić information content (AvgIpc) is 2.98. The minimum Gasteiger partial charge on any atom is -0.425 e. The van der Waals surface area contributed by atoms with Gasteiger partial charge < -0.3 is 4.74 Å². The fourth-order valence-electron chi connectivity index (χ4n) is 2.01. The van der Waals surface area contributed by atoms with Gasteiger partial charge in [-0.25, -0.2) is 4.98 Å². The fourth-order valence-corrected chi connectivity index (χ4v) is 3.46. The van der Waals surface area contributed by atoms with Gasteiger partial charge in [0.05, 0.1) is 17.1 Å². The molecule has 0 aliphatic rings. The summed E-state index contributed by atoms with van der Waals surface area (Å²) >= 11 is 19.2. The normalized spacial score (nSPS) is 10.6. The van der Waals surface area contributed by atoms with Gasteiger partial charge in [-0.1, -0.05) is 46.9 Å². The van der Waals surface area contributed by atoms with E-state index in [1.807, 2.05) is 23.6 Å². The number of carbonyl (C=O) groups is 1. The predicted molar refractivity (Wildman–Crippen MR) is 98.4 cm³/mol. The van der Waals surface area contributed by atoms with Gasteiger partial charge in [0.15, 0.2) is 0 Å². The molecular weight excluding hydrogens is 389 g/mol. The quantitative estimate of drug-likeness (QED) is 0.404. The number of hydrogen-bond acceptors (Lipinski definition) is 4. The molecule has 0 N–H and O–H groups in total. The molecule has 0 unspecified atom stereocenters. The summed E-state index contributed by atoms with van der Waals surface area (Å²) < 4.78 is 5.25. The van der Waals surface area contributed by atoms with Crippen LogP contribution < -0.4 is 4.74 Å². The Morgan fingerprint density at radius 1 is 1.08 bits per heavy atom. The van der Waals surface area contributed by atoms with Crippen molar-refractivity contribution in [1.82, 2.24) is 4.98 Å². The lowest BCUT2D eigenvalue weighted by molar-refractivity contribution is -0.133. The van der Waals surface area contributed by atoms with Crippen molar-refractivity contribution in [2.45, 2.75) is 6.42 Å². The maximum absolute atomic E-state index is 12.0. The van der Waals surface area contributed by atoms with Crippen LogP contribution in [0.15, 0.2) is 47.8 Å². The molecule has 1 heterocycles. The van der Waals surface area contributed by atoms with E-state index in [0.29, 0.717) is 15.7 Å². The second-order valence-corrected chi connectivity index (χ2v) is 7.02. The molecule has 0 amide bonds. The van der Waals surface area contributed by atoms with E-state index in [4.69, 9.17) is 39.5 Å². The number of ether oxygens (including phenoxy) is 1. The van der Waals surface area contributed by atoms with Crippen molar-refractivity contribution in [2.75, 3.05) is 0 Å². The van der Waals surface area contributed by atoms with Crippen LogP contribution >= 0.6 is 46.1 Å². The predicted octanol–water partition coefficient (Wildman–Crippen LogP) is 5.92. The second kappa shape index (κ2) is 7.53. The first kappa shape index (κ1) is 17.2. The van der Waals surface area contributed by atoms with Gasteiger partial charge in [-0.15, -0.1) is 11.3 Å². The largest absolute Gasteiger partial charge is 0.425 e. The molecular formula is C17H10Cl3NO2S. The highest BCUT2D eigenvalue weighted by atomic mass is 35.5. The maximum atomic E-state index is 12.0. The Hall–Kier alpha value is -1.59. The Kier molecular flexibility index (Phi) is 5.41. The molecule has 7 heteroatoms. The molecule has 0 bridgehead atoms. The number of hydrogen-bond donors (Lipinski definition) is 0. The van der Waals surface area contributed by atoms with Crippen molar-refractivity contribution in [3.63, 3.8) is 0 Å². The molecule has 0 saturated heterocycles. The van der Waals surface area contributed by atoms with Gasteiger partial charge in [-0.2, -0.15) is 0 Å². The third-order valence-electron chi connectivity index (χ3n) is 3.07. The second-order valence-electron chi connectivity index (χ2n) is 4.88. The number of thiazole rings is 1. The molecule has 0 atom stereocenters. The fraction of sp³-hybridized carbons (Fsp3) is 0.0588. The van der Waals surface area contributed by atoms with E-state index in [9.17, 15) is 4.79 Å². The van der Waals surface area contributed by atoms with Gasteiger partial charge in [0.1, 0.15) is 10.8 Å². The molecule has 0 aliphatic carbocycles. The number of halogens is 3. The summed E-state index contributed by atoms with van der Waals surface area (Å²) in [6.45, 7) is 0. The minimum atomic E-state index is -0.442. The smallest absolute Gasteiger partial charge is 0.317 e. The van der Waals surface area contributed by atoms with E-state index in [-0.39, 0.29) is 17.2 Å². The van der Waals surface area contributed by atoms with Crippen molar-refractivity contribution >= 4 is 52.1 Å². The summed E-state index contributed by atoms with van der Waals surface area (Å²) in [6, 6.07) is 12.1. The molecule has 0 saturated carbocycles. The van der Waals surface area contributed by atoms with Gasteiger partial charge in [-0.3, -0.25) is 4.79 Å². The van der Waals surface area contributed by atoms with Crippen molar-refractivity contribution in [3.05, 3.63) is 68.6 Å². The molecule has 3 aromatic rings. The van der Waals surface area contributed by atoms with E-state index in [0.717, 1.165) is 10.6 Å². The van der Waals surface area contributed by atoms with E-state index in [1.165, 1.54) is 17.4 Å². The highest BCUT2D eigenvalue weighted by molar-refractivity contribution is 7.13. The molecule has 122 valence electrons. The van der Waals surface area contributed by atoms with Gasteiger partial charge in [0.25, 0.3) is 0 Å². The lowest BCUT2D eigenvalue weighted by atomic mass is 10.2. The lowest BCUT2D eigenvalue weighted by Crippen LogP contribution is -2.11. The number of rotatable bonds is 4. The zero-order valence-corrected chi connectivity index (χ0v) is 15.2. The zero-order valence-electron chi connectivity index (χ0n) is 12.1. The first-order chi connectivity index (χ1) is 11.5. The molecule has 0 fully saturated rings. The Balaban J connectivity index is 1.69. The SMILES string of the molecule is O=C(Cc1csc(-c2cccc(Cl)c2)n1)Oc1ccc(Cl)cc1Cl. The molecule has 0 aliphatic heterocycles. The van der Waals surface area contributed by atoms with Crippen molar-refractivity contribution in [3.8, 4) is 16.3 Å². The minimum absolute atomic E-state index is 0.0516. The van der Waals surface area contributed by atoms with E-state index in [1.54, 1.807) is 18.2 Å². The summed E-state index contributed by atoms with van der Waals surface area (Å²) in [7, 11) is 0. The Labute approximate surface area is 157 Å². The van der Waals surface area contributed by atoms with Gasteiger partial charge in [0.2, 0.25) is 0 Å². The summed E-state index contributed by atoms with van der Waals surface area (Å²) in [4.78, 5) is 16.5. The molecule has 0 spiro atoms. The van der Waals surface area contributed by atoms with Crippen LogP contribution in [0, 0.1) is 0 Å².